The third kappa shape index (κ3) is 3.39. The molecule has 0 radical (unpaired) electrons. The summed E-state index contributed by atoms with van der Waals surface area (Å²) in [5, 5.41) is 14.0. The molecule has 0 aliphatic carbocycles. The molecular weight excluding hydrogens is 198 g/mol. The lowest BCUT2D eigenvalue weighted by Crippen LogP contribution is -2.33. The van der Waals surface area contributed by atoms with Crippen molar-refractivity contribution in [2.45, 2.75) is 39.8 Å². The molecule has 1 atom stereocenters. The molecule has 0 spiro atoms. The SMILES string of the molecule is CC(C)(C)CC(O)Cn1c(=O)[nH][nH]c1=O. The zero-order valence-corrected chi connectivity index (χ0v) is 9.20. The molecule has 86 valence electrons. The van der Waals surface area contributed by atoms with Crippen LogP contribution < -0.4 is 11.4 Å². The Morgan fingerprint density at radius 2 is 1.73 bits per heavy atom. The molecule has 1 heterocycles. The number of aliphatic hydroxyl groups excluding tert-OH is 1. The van der Waals surface area contributed by atoms with Gasteiger partial charge in [-0.25, -0.2) is 24.4 Å². The van der Waals surface area contributed by atoms with E-state index in [9.17, 15) is 14.7 Å². The average Bonchev–Trinajstić information content (AvgIpc) is 2.32. The highest BCUT2D eigenvalue weighted by Gasteiger charge is 2.18. The molecular formula is C9H17N3O3. The summed E-state index contributed by atoms with van der Waals surface area (Å²) in [5.41, 5.74) is -1.08. The monoisotopic (exact) mass is 215 g/mol. The predicted octanol–water partition coefficient (Wildman–Crippen LogP) is -0.338. The van der Waals surface area contributed by atoms with E-state index in [1.165, 1.54) is 0 Å². The molecule has 0 aromatic carbocycles. The van der Waals surface area contributed by atoms with Crippen LogP contribution in [0.1, 0.15) is 27.2 Å². The zero-order chi connectivity index (χ0) is 11.6. The number of nitrogens with zero attached hydrogens (tertiary/aromatic N) is 1. The van der Waals surface area contributed by atoms with Crippen molar-refractivity contribution in [1.29, 1.82) is 0 Å². The van der Waals surface area contributed by atoms with Crippen LogP contribution in [-0.4, -0.2) is 26.0 Å². The molecule has 0 fully saturated rings. The summed E-state index contributed by atoms with van der Waals surface area (Å²) in [5.74, 6) is 0. The maximum Gasteiger partial charge on any atom is 0.344 e. The second-order valence-corrected chi connectivity index (χ2v) is 4.89. The van der Waals surface area contributed by atoms with Crippen LogP contribution in [0.2, 0.25) is 0 Å². The molecule has 3 N–H and O–H groups in total. The van der Waals surface area contributed by atoms with Crippen LogP contribution in [0.15, 0.2) is 9.59 Å². The molecule has 0 aliphatic rings. The third-order valence-corrected chi connectivity index (χ3v) is 2.01. The van der Waals surface area contributed by atoms with Crippen LogP contribution >= 0.6 is 0 Å². The van der Waals surface area contributed by atoms with E-state index in [4.69, 9.17) is 0 Å². The summed E-state index contributed by atoms with van der Waals surface area (Å²) >= 11 is 0. The largest absolute Gasteiger partial charge is 0.391 e. The van der Waals surface area contributed by atoms with Gasteiger partial charge in [0.1, 0.15) is 0 Å². The average molecular weight is 215 g/mol. The minimum absolute atomic E-state index is 0.0228. The lowest BCUT2D eigenvalue weighted by Gasteiger charge is -2.21. The minimum atomic E-state index is -0.695. The van der Waals surface area contributed by atoms with Crippen molar-refractivity contribution < 1.29 is 5.11 Å². The Labute approximate surface area is 86.9 Å². The van der Waals surface area contributed by atoms with Gasteiger partial charge in [0.05, 0.1) is 12.6 Å². The van der Waals surface area contributed by atoms with E-state index in [1.54, 1.807) is 0 Å². The van der Waals surface area contributed by atoms with Gasteiger partial charge in [0, 0.05) is 0 Å². The summed E-state index contributed by atoms with van der Waals surface area (Å²) in [6.07, 6.45) is -0.163. The first-order valence-electron chi connectivity index (χ1n) is 4.85. The van der Waals surface area contributed by atoms with Crippen molar-refractivity contribution in [1.82, 2.24) is 14.8 Å². The highest BCUT2D eigenvalue weighted by atomic mass is 16.3. The van der Waals surface area contributed by atoms with E-state index in [1.807, 2.05) is 20.8 Å². The number of rotatable bonds is 3. The first-order chi connectivity index (χ1) is 6.79. The van der Waals surface area contributed by atoms with Gasteiger partial charge in [-0.05, 0) is 11.8 Å². The summed E-state index contributed by atoms with van der Waals surface area (Å²) in [4.78, 5) is 22.2. The number of aromatic amines is 2. The molecule has 0 saturated heterocycles. The maximum atomic E-state index is 11.1. The van der Waals surface area contributed by atoms with Gasteiger partial charge in [0.25, 0.3) is 0 Å². The van der Waals surface area contributed by atoms with Gasteiger partial charge in [-0.1, -0.05) is 20.8 Å². The van der Waals surface area contributed by atoms with Gasteiger partial charge >= 0.3 is 11.4 Å². The molecule has 6 heteroatoms. The van der Waals surface area contributed by atoms with Crippen molar-refractivity contribution in [3.8, 4) is 0 Å². The number of nitrogens with one attached hydrogen (secondary N) is 2. The lowest BCUT2D eigenvalue weighted by molar-refractivity contribution is 0.103. The number of hydrogen-bond donors (Lipinski definition) is 3. The van der Waals surface area contributed by atoms with Crippen molar-refractivity contribution >= 4 is 0 Å². The van der Waals surface area contributed by atoms with Crippen molar-refractivity contribution in [3.63, 3.8) is 0 Å². The van der Waals surface area contributed by atoms with E-state index in [0.717, 1.165) is 4.57 Å². The second-order valence-electron chi connectivity index (χ2n) is 4.89. The Balaban J connectivity index is 2.71. The molecule has 1 rings (SSSR count). The van der Waals surface area contributed by atoms with Crippen LogP contribution in [0.5, 0.6) is 0 Å². The summed E-state index contributed by atoms with van der Waals surface area (Å²) in [6, 6.07) is 0. The Morgan fingerprint density at radius 3 is 2.13 bits per heavy atom. The number of H-pyrrole nitrogens is 2. The maximum absolute atomic E-state index is 11.1. The molecule has 1 unspecified atom stereocenters. The van der Waals surface area contributed by atoms with Crippen LogP contribution in [0.4, 0.5) is 0 Å². The third-order valence-electron chi connectivity index (χ3n) is 2.01. The summed E-state index contributed by atoms with van der Waals surface area (Å²) < 4.78 is 0.955. The quantitative estimate of drug-likeness (QED) is 0.644. The normalized spacial score (nSPS) is 14.1. The van der Waals surface area contributed by atoms with Crippen molar-refractivity contribution in [3.05, 3.63) is 21.0 Å². The Kier molecular flexibility index (Phi) is 3.18. The van der Waals surface area contributed by atoms with Crippen molar-refractivity contribution in [2.75, 3.05) is 0 Å². The molecule has 0 saturated carbocycles. The molecule has 0 bridgehead atoms. The fourth-order valence-corrected chi connectivity index (χ4v) is 1.48. The zero-order valence-electron chi connectivity index (χ0n) is 9.20. The fraction of sp³-hybridized carbons (Fsp3) is 0.778. The van der Waals surface area contributed by atoms with E-state index >= 15 is 0 Å². The first-order valence-corrected chi connectivity index (χ1v) is 4.85. The highest BCUT2D eigenvalue weighted by Crippen LogP contribution is 2.20. The van der Waals surface area contributed by atoms with E-state index in [-0.39, 0.29) is 12.0 Å². The predicted molar refractivity (Wildman–Crippen MR) is 55.8 cm³/mol. The lowest BCUT2D eigenvalue weighted by atomic mass is 9.89. The van der Waals surface area contributed by atoms with Crippen LogP contribution in [0.25, 0.3) is 0 Å². The van der Waals surface area contributed by atoms with E-state index in [2.05, 4.69) is 10.2 Å². The van der Waals surface area contributed by atoms with Gasteiger partial charge in [-0.3, -0.25) is 0 Å². The molecule has 15 heavy (non-hydrogen) atoms. The van der Waals surface area contributed by atoms with Crippen LogP contribution in [0.3, 0.4) is 0 Å². The Bertz CT molecular complexity index is 393. The van der Waals surface area contributed by atoms with Crippen molar-refractivity contribution in [2.24, 2.45) is 5.41 Å². The highest BCUT2D eigenvalue weighted by molar-refractivity contribution is 4.72. The van der Waals surface area contributed by atoms with Gasteiger partial charge in [0.15, 0.2) is 0 Å². The fourth-order valence-electron chi connectivity index (χ4n) is 1.48. The molecule has 0 aliphatic heterocycles. The number of hydrogen-bond acceptors (Lipinski definition) is 3. The first kappa shape index (κ1) is 11.8. The molecule has 1 aromatic heterocycles. The van der Waals surface area contributed by atoms with Crippen LogP contribution in [0, 0.1) is 5.41 Å². The summed E-state index contributed by atoms with van der Waals surface area (Å²) in [6.45, 7) is 5.98. The Morgan fingerprint density at radius 1 is 1.27 bits per heavy atom. The smallest absolute Gasteiger partial charge is 0.344 e. The number of aliphatic hydroxyl groups is 1. The van der Waals surface area contributed by atoms with Gasteiger partial charge in [0.2, 0.25) is 0 Å². The summed E-state index contributed by atoms with van der Waals surface area (Å²) in [7, 11) is 0. The second kappa shape index (κ2) is 4.06. The minimum Gasteiger partial charge on any atom is -0.391 e. The number of aromatic nitrogens is 3. The molecule has 1 aromatic rings. The Hall–Kier alpha value is -1.30. The topological polar surface area (TPSA) is 90.9 Å². The van der Waals surface area contributed by atoms with Crippen LogP contribution in [-0.2, 0) is 6.54 Å². The van der Waals surface area contributed by atoms with Gasteiger partial charge in [-0.2, -0.15) is 0 Å². The van der Waals surface area contributed by atoms with Gasteiger partial charge < -0.3 is 5.11 Å². The van der Waals surface area contributed by atoms with E-state index in [0.29, 0.717) is 6.42 Å². The molecule has 6 nitrogen and oxygen atoms in total. The van der Waals surface area contributed by atoms with E-state index < -0.39 is 17.5 Å². The molecule has 0 amide bonds. The van der Waals surface area contributed by atoms with Gasteiger partial charge in [-0.15, -0.1) is 0 Å². The standard InChI is InChI=1S/C9H17N3O3/c1-9(2,3)4-6(13)5-12-7(14)10-11-8(12)15/h6,13H,4-5H2,1-3H3,(H,10,14)(H,11,15).